The van der Waals surface area contributed by atoms with E-state index in [4.69, 9.17) is 4.74 Å². The minimum atomic E-state index is -2.92. The van der Waals surface area contributed by atoms with E-state index < -0.39 is 9.84 Å². The smallest absolute Gasteiger partial charge is 0.306 e. The highest BCUT2D eigenvalue weighted by Crippen LogP contribution is 2.16. The van der Waals surface area contributed by atoms with Gasteiger partial charge in [-0.25, -0.2) is 8.42 Å². The summed E-state index contributed by atoms with van der Waals surface area (Å²) in [6.07, 6.45) is 2.53. The molecule has 1 rings (SSSR count). The summed E-state index contributed by atoms with van der Waals surface area (Å²) < 4.78 is 26.3. The predicted molar refractivity (Wildman–Crippen MR) is 43.4 cm³/mol. The summed E-state index contributed by atoms with van der Waals surface area (Å²) in [5.74, 6) is -0.112. The van der Waals surface area contributed by atoms with E-state index in [1.807, 2.05) is 0 Å². The molecule has 1 aliphatic heterocycles. The average Bonchev–Trinajstić information content (AvgIpc) is 2.30. The number of hydrogen-bond acceptors (Lipinski definition) is 4. The van der Waals surface area contributed by atoms with E-state index in [0.717, 1.165) is 0 Å². The van der Waals surface area contributed by atoms with Gasteiger partial charge in [0.05, 0.1) is 5.75 Å². The fourth-order valence-corrected chi connectivity index (χ4v) is 1.82. The van der Waals surface area contributed by atoms with Gasteiger partial charge in [-0.3, -0.25) is 4.79 Å². The van der Waals surface area contributed by atoms with E-state index in [2.05, 4.69) is 0 Å². The Labute approximate surface area is 71.8 Å². The maximum absolute atomic E-state index is 10.7. The van der Waals surface area contributed by atoms with Crippen LogP contribution in [0.5, 0.6) is 0 Å². The summed E-state index contributed by atoms with van der Waals surface area (Å²) in [6.45, 7) is 0. The number of ether oxygens (including phenoxy) is 1. The molecule has 0 N–H and O–H groups in total. The summed E-state index contributed by atoms with van der Waals surface area (Å²) in [5, 5.41) is 0. The lowest BCUT2D eigenvalue weighted by Gasteiger charge is -2.06. The minimum Gasteiger partial charge on any atom is -0.462 e. The van der Waals surface area contributed by atoms with Crippen molar-refractivity contribution in [2.75, 3.05) is 12.0 Å². The molecule has 1 fully saturated rings. The van der Waals surface area contributed by atoms with Crippen LogP contribution in [-0.2, 0) is 19.4 Å². The Morgan fingerprint density at radius 1 is 1.58 bits per heavy atom. The first-order valence-electron chi connectivity index (χ1n) is 3.84. The van der Waals surface area contributed by atoms with Crippen molar-refractivity contribution in [1.29, 1.82) is 0 Å². The van der Waals surface area contributed by atoms with Crippen molar-refractivity contribution in [3.63, 3.8) is 0 Å². The molecule has 1 atom stereocenters. The van der Waals surface area contributed by atoms with Crippen molar-refractivity contribution in [2.45, 2.75) is 25.4 Å². The van der Waals surface area contributed by atoms with Crippen molar-refractivity contribution in [3.05, 3.63) is 0 Å². The lowest BCUT2D eigenvalue weighted by atomic mass is 10.2. The highest BCUT2D eigenvalue weighted by atomic mass is 32.2. The van der Waals surface area contributed by atoms with Crippen molar-refractivity contribution >= 4 is 15.8 Å². The molecule has 12 heavy (non-hydrogen) atoms. The summed E-state index contributed by atoms with van der Waals surface area (Å²) in [7, 11) is -2.92. The van der Waals surface area contributed by atoms with Gasteiger partial charge in [-0.1, -0.05) is 0 Å². The van der Waals surface area contributed by atoms with Crippen LogP contribution in [0.1, 0.15) is 19.3 Å². The van der Waals surface area contributed by atoms with Gasteiger partial charge in [-0.2, -0.15) is 0 Å². The lowest BCUT2D eigenvalue weighted by molar-refractivity contribution is -0.141. The van der Waals surface area contributed by atoms with Crippen LogP contribution < -0.4 is 0 Å². The molecular weight excluding hydrogens is 180 g/mol. The van der Waals surface area contributed by atoms with Gasteiger partial charge in [-0.05, 0) is 12.8 Å². The molecule has 0 saturated carbocycles. The third-order valence-electron chi connectivity index (χ3n) is 1.78. The van der Waals surface area contributed by atoms with Crippen molar-refractivity contribution in [2.24, 2.45) is 0 Å². The van der Waals surface area contributed by atoms with Crippen molar-refractivity contribution < 1.29 is 17.9 Å². The first-order valence-corrected chi connectivity index (χ1v) is 5.90. The zero-order chi connectivity index (χ0) is 9.19. The van der Waals surface area contributed by atoms with E-state index >= 15 is 0 Å². The standard InChI is InChI=1S/C7H12O4S/c1-12(9,10)5-4-6-2-3-7(8)11-6/h6H,2-5H2,1H3/t6-/m0/s1. The molecule has 0 aromatic carbocycles. The fourth-order valence-electron chi connectivity index (χ4n) is 1.13. The number of sulfone groups is 1. The molecule has 70 valence electrons. The van der Waals surface area contributed by atoms with Crippen LogP contribution in [0.3, 0.4) is 0 Å². The van der Waals surface area contributed by atoms with Crippen molar-refractivity contribution in [3.8, 4) is 0 Å². The molecule has 0 amide bonds. The molecule has 0 aromatic heterocycles. The van der Waals surface area contributed by atoms with E-state index in [9.17, 15) is 13.2 Å². The Balaban J connectivity index is 2.30. The monoisotopic (exact) mass is 192 g/mol. The minimum absolute atomic E-state index is 0.102. The second-order valence-electron chi connectivity index (χ2n) is 3.07. The SMILES string of the molecule is CS(=O)(=O)CC[C@@H]1CCC(=O)O1. The zero-order valence-electron chi connectivity index (χ0n) is 6.95. The molecule has 0 spiro atoms. The number of hydrogen-bond donors (Lipinski definition) is 0. The summed E-state index contributed by atoms with van der Waals surface area (Å²) in [6, 6.07) is 0. The predicted octanol–water partition coefficient (Wildman–Crippen LogP) is 0.127. The molecule has 1 heterocycles. The number of rotatable bonds is 3. The summed E-state index contributed by atoms with van der Waals surface area (Å²) in [4.78, 5) is 10.6. The van der Waals surface area contributed by atoms with Crippen LogP contribution in [-0.4, -0.2) is 32.5 Å². The van der Waals surface area contributed by atoms with Gasteiger partial charge in [-0.15, -0.1) is 0 Å². The first kappa shape index (κ1) is 9.51. The van der Waals surface area contributed by atoms with E-state index in [-0.39, 0.29) is 17.8 Å². The molecule has 0 aromatic rings. The molecule has 5 heteroatoms. The fraction of sp³-hybridized carbons (Fsp3) is 0.857. The summed E-state index contributed by atoms with van der Waals surface area (Å²) in [5.41, 5.74) is 0. The molecule has 1 aliphatic rings. The van der Waals surface area contributed by atoms with Gasteiger partial charge in [0.25, 0.3) is 0 Å². The Hall–Kier alpha value is -0.580. The largest absolute Gasteiger partial charge is 0.462 e. The summed E-state index contributed by atoms with van der Waals surface area (Å²) >= 11 is 0. The van der Waals surface area contributed by atoms with Gasteiger partial charge in [0, 0.05) is 12.7 Å². The van der Waals surface area contributed by atoms with Crippen LogP contribution in [0.2, 0.25) is 0 Å². The number of esters is 1. The first-order chi connectivity index (χ1) is 5.47. The molecular formula is C7H12O4S. The molecule has 0 aliphatic carbocycles. The normalized spacial score (nSPS) is 24.1. The number of cyclic esters (lactones) is 1. The highest BCUT2D eigenvalue weighted by molar-refractivity contribution is 7.90. The Bertz CT molecular complexity index is 267. The van der Waals surface area contributed by atoms with Crippen LogP contribution in [0.4, 0.5) is 0 Å². The number of carbonyl (C=O) groups is 1. The van der Waals surface area contributed by atoms with Crippen LogP contribution in [0.25, 0.3) is 0 Å². The van der Waals surface area contributed by atoms with Crippen molar-refractivity contribution in [1.82, 2.24) is 0 Å². The second kappa shape index (κ2) is 3.43. The van der Waals surface area contributed by atoms with Gasteiger partial charge in [0.1, 0.15) is 15.9 Å². The maximum Gasteiger partial charge on any atom is 0.306 e. The third-order valence-corrected chi connectivity index (χ3v) is 2.76. The highest BCUT2D eigenvalue weighted by Gasteiger charge is 2.23. The topological polar surface area (TPSA) is 60.4 Å². The zero-order valence-corrected chi connectivity index (χ0v) is 7.76. The van der Waals surface area contributed by atoms with E-state index in [1.54, 1.807) is 0 Å². The molecule has 0 unspecified atom stereocenters. The molecule has 0 bridgehead atoms. The van der Waals surface area contributed by atoms with Gasteiger partial charge in [0.2, 0.25) is 0 Å². The van der Waals surface area contributed by atoms with Gasteiger partial charge >= 0.3 is 5.97 Å². The van der Waals surface area contributed by atoms with Gasteiger partial charge < -0.3 is 4.74 Å². The Morgan fingerprint density at radius 2 is 2.25 bits per heavy atom. The van der Waals surface area contributed by atoms with Crippen LogP contribution in [0, 0.1) is 0 Å². The number of carbonyl (C=O) groups excluding carboxylic acids is 1. The van der Waals surface area contributed by atoms with E-state index in [1.165, 1.54) is 6.26 Å². The quantitative estimate of drug-likeness (QED) is 0.596. The maximum atomic E-state index is 10.7. The molecule has 4 nitrogen and oxygen atoms in total. The second-order valence-corrected chi connectivity index (χ2v) is 5.33. The molecule has 1 saturated heterocycles. The molecule has 0 radical (unpaired) electrons. The van der Waals surface area contributed by atoms with E-state index in [0.29, 0.717) is 19.3 Å². The van der Waals surface area contributed by atoms with Gasteiger partial charge in [0.15, 0.2) is 0 Å². The average molecular weight is 192 g/mol. The third kappa shape index (κ3) is 3.21. The Kier molecular flexibility index (Phi) is 2.72. The van der Waals surface area contributed by atoms with Crippen LogP contribution >= 0.6 is 0 Å². The van der Waals surface area contributed by atoms with Crippen LogP contribution in [0.15, 0.2) is 0 Å². The lowest BCUT2D eigenvalue weighted by Crippen LogP contribution is -2.13. The Morgan fingerprint density at radius 3 is 2.67 bits per heavy atom.